The van der Waals surface area contributed by atoms with Crippen molar-refractivity contribution in [1.29, 1.82) is 0 Å². The lowest BCUT2D eigenvalue weighted by molar-refractivity contribution is 0.450. The van der Waals surface area contributed by atoms with Crippen LogP contribution >= 0.6 is 0 Å². The van der Waals surface area contributed by atoms with Gasteiger partial charge in [0, 0.05) is 18.4 Å². The first-order chi connectivity index (χ1) is 6.16. The van der Waals surface area contributed by atoms with Crippen LogP contribution in [0.2, 0.25) is 0 Å². The SMILES string of the molecule is CC1CC1c1ccc(C[C@H](C)N)o1. The maximum Gasteiger partial charge on any atom is 0.107 e. The second kappa shape index (κ2) is 3.18. The second-order valence-electron chi connectivity index (χ2n) is 4.30. The van der Waals surface area contributed by atoms with Crippen LogP contribution in [0.15, 0.2) is 16.5 Å². The van der Waals surface area contributed by atoms with Crippen LogP contribution < -0.4 is 5.73 Å². The summed E-state index contributed by atoms with van der Waals surface area (Å²) in [4.78, 5) is 0. The molecule has 1 aliphatic rings. The molecule has 0 aliphatic heterocycles. The Labute approximate surface area is 79.1 Å². The minimum absolute atomic E-state index is 0.190. The van der Waals surface area contributed by atoms with Gasteiger partial charge < -0.3 is 10.2 Å². The third kappa shape index (κ3) is 1.94. The number of hydrogen-bond donors (Lipinski definition) is 1. The van der Waals surface area contributed by atoms with Crippen molar-refractivity contribution >= 4 is 0 Å². The molecule has 2 N–H and O–H groups in total. The van der Waals surface area contributed by atoms with Crippen molar-refractivity contribution in [3.8, 4) is 0 Å². The number of nitrogens with two attached hydrogens (primary N) is 1. The zero-order valence-corrected chi connectivity index (χ0v) is 8.29. The maximum absolute atomic E-state index is 5.71. The van der Waals surface area contributed by atoms with Gasteiger partial charge in [-0.15, -0.1) is 0 Å². The summed E-state index contributed by atoms with van der Waals surface area (Å²) in [7, 11) is 0. The number of hydrogen-bond acceptors (Lipinski definition) is 2. The van der Waals surface area contributed by atoms with Gasteiger partial charge in [0.15, 0.2) is 0 Å². The van der Waals surface area contributed by atoms with E-state index >= 15 is 0 Å². The van der Waals surface area contributed by atoms with Gasteiger partial charge in [0.05, 0.1) is 0 Å². The van der Waals surface area contributed by atoms with E-state index in [4.69, 9.17) is 10.2 Å². The number of rotatable bonds is 3. The average molecular weight is 179 g/mol. The molecular formula is C11H17NO. The normalized spacial score (nSPS) is 28.8. The molecule has 2 rings (SSSR count). The lowest BCUT2D eigenvalue weighted by Crippen LogP contribution is -2.17. The summed E-state index contributed by atoms with van der Waals surface area (Å²) in [6.07, 6.45) is 2.13. The van der Waals surface area contributed by atoms with E-state index in [-0.39, 0.29) is 6.04 Å². The van der Waals surface area contributed by atoms with Gasteiger partial charge in [-0.1, -0.05) is 6.92 Å². The van der Waals surface area contributed by atoms with E-state index in [0.717, 1.165) is 23.9 Å². The van der Waals surface area contributed by atoms with E-state index in [0.29, 0.717) is 5.92 Å². The monoisotopic (exact) mass is 179 g/mol. The molecule has 1 fully saturated rings. The van der Waals surface area contributed by atoms with Gasteiger partial charge in [0.2, 0.25) is 0 Å². The number of furan rings is 1. The Morgan fingerprint density at radius 1 is 1.62 bits per heavy atom. The van der Waals surface area contributed by atoms with Crippen LogP contribution in [0.4, 0.5) is 0 Å². The van der Waals surface area contributed by atoms with E-state index in [1.54, 1.807) is 0 Å². The largest absolute Gasteiger partial charge is 0.466 e. The van der Waals surface area contributed by atoms with Crippen LogP contribution in [-0.2, 0) is 6.42 Å². The van der Waals surface area contributed by atoms with Crippen LogP contribution in [-0.4, -0.2) is 6.04 Å². The Morgan fingerprint density at radius 2 is 2.31 bits per heavy atom. The van der Waals surface area contributed by atoms with Crippen LogP contribution in [0.1, 0.15) is 37.7 Å². The zero-order valence-electron chi connectivity index (χ0n) is 8.29. The molecule has 1 aromatic rings. The third-order valence-electron chi connectivity index (χ3n) is 2.68. The van der Waals surface area contributed by atoms with Crippen LogP contribution in [0, 0.1) is 5.92 Å². The lowest BCUT2D eigenvalue weighted by Gasteiger charge is -2.00. The quantitative estimate of drug-likeness (QED) is 0.773. The Bertz CT molecular complexity index is 290. The van der Waals surface area contributed by atoms with E-state index in [1.165, 1.54) is 6.42 Å². The van der Waals surface area contributed by atoms with Gasteiger partial charge in [0.1, 0.15) is 11.5 Å². The molecule has 3 atom stereocenters. The molecule has 2 heteroatoms. The molecule has 0 bridgehead atoms. The molecule has 0 spiro atoms. The van der Waals surface area contributed by atoms with Gasteiger partial charge in [0.25, 0.3) is 0 Å². The van der Waals surface area contributed by atoms with Crippen molar-refractivity contribution in [2.24, 2.45) is 11.7 Å². The summed E-state index contributed by atoms with van der Waals surface area (Å²) in [5, 5.41) is 0. The van der Waals surface area contributed by atoms with Gasteiger partial charge in [-0.05, 0) is 31.4 Å². The maximum atomic E-state index is 5.71. The highest BCUT2D eigenvalue weighted by molar-refractivity contribution is 5.17. The van der Waals surface area contributed by atoms with Crippen LogP contribution in [0.25, 0.3) is 0 Å². The molecule has 0 aromatic carbocycles. The second-order valence-corrected chi connectivity index (χ2v) is 4.30. The first-order valence-corrected chi connectivity index (χ1v) is 5.01. The molecule has 2 nitrogen and oxygen atoms in total. The van der Waals surface area contributed by atoms with Crippen molar-refractivity contribution in [3.63, 3.8) is 0 Å². The summed E-state index contributed by atoms with van der Waals surface area (Å²) in [5.41, 5.74) is 5.69. The molecule has 72 valence electrons. The first kappa shape index (κ1) is 8.82. The molecule has 0 radical (unpaired) electrons. The molecule has 1 heterocycles. The molecule has 1 saturated carbocycles. The van der Waals surface area contributed by atoms with Gasteiger partial charge in [-0.2, -0.15) is 0 Å². The highest BCUT2D eigenvalue weighted by atomic mass is 16.3. The fourth-order valence-corrected chi connectivity index (χ4v) is 1.74. The lowest BCUT2D eigenvalue weighted by atomic mass is 10.2. The van der Waals surface area contributed by atoms with Gasteiger partial charge in [-0.3, -0.25) is 0 Å². The summed E-state index contributed by atoms with van der Waals surface area (Å²) in [6.45, 7) is 4.26. The fraction of sp³-hybridized carbons (Fsp3) is 0.636. The Hall–Kier alpha value is -0.760. The Kier molecular flexibility index (Phi) is 2.16. The molecule has 0 amide bonds. The standard InChI is InChI=1S/C11H17NO/c1-7-5-10(7)11-4-3-9(13-11)6-8(2)12/h3-4,7-8,10H,5-6,12H2,1-2H3/t7?,8-,10?/m0/s1. The summed E-state index contributed by atoms with van der Waals surface area (Å²) >= 11 is 0. The highest BCUT2D eigenvalue weighted by Crippen LogP contribution is 2.47. The fourth-order valence-electron chi connectivity index (χ4n) is 1.74. The van der Waals surface area contributed by atoms with Crippen LogP contribution in [0.3, 0.4) is 0 Å². The third-order valence-corrected chi connectivity index (χ3v) is 2.68. The molecule has 13 heavy (non-hydrogen) atoms. The van der Waals surface area contributed by atoms with Crippen molar-refractivity contribution in [1.82, 2.24) is 0 Å². The zero-order chi connectivity index (χ0) is 9.42. The van der Waals surface area contributed by atoms with Crippen molar-refractivity contribution in [2.75, 3.05) is 0 Å². The molecule has 2 unspecified atom stereocenters. The molecule has 0 saturated heterocycles. The smallest absolute Gasteiger partial charge is 0.107 e. The van der Waals surface area contributed by atoms with Gasteiger partial charge in [-0.25, -0.2) is 0 Å². The first-order valence-electron chi connectivity index (χ1n) is 5.01. The summed E-state index contributed by atoms with van der Waals surface area (Å²) in [5.74, 6) is 3.68. The minimum atomic E-state index is 0.190. The summed E-state index contributed by atoms with van der Waals surface area (Å²) in [6, 6.07) is 4.35. The average Bonchev–Trinajstić information content (AvgIpc) is 2.60. The molecule has 1 aliphatic carbocycles. The minimum Gasteiger partial charge on any atom is -0.466 e. The predicted molar refractivity (Wildman–Crippen MR) is 52.6 cm³/mol. The highest BCUT2D eigenvalue weighted by Gasteiger charge is 2.36. The molecule has 1 aromatic heterocycles. The van der Waals surface area contributed by atoms with E-state index in [1.807, 2.05) is 6.92 Å². The molecular weight excluding hydrogens is 162 g/mol. The van der Waals surface area contributed by atoms with E-state index < -0.39 is 0 Å². The summed E-state index contributed by atoms with van der Waals surface area (Å²) < 4.78 is 5.71. The van der Waals surface area contributed by atoms with Crippen LogP contribution in [0.5, 0.6) is 0 Å². The Balaban J connectivity index is 2.01. The predicted octanol–water partition coefficient (Wildman–Crippen LogP) is 2.29. The topological polar surface area (TPSA) is 39.2 Å². The van der Waals surface area contributed by atoms with Crippen molar-refractivity contribution in [3.05, 3.63) is 23.7 Å². The van der Waals surface area contributed by atoms with E-state index in [9.17, 15) is 0 Å². The van der Waals surface area contributed by atoms with Crippen molar-refractivity contribution < 1.29 is 4.42 Å². The Morgan fingerprint density at radius 3 is 2.85 bits per heavy atom. The van der Waals surface area contributed by atoms with Crippen molar-refractivity contribution in [2.45, 2.75) is 38.6 Å². The van der Waals surface area contributed by atoms with Gasteiger partial charge >= 0.3 is 0 Å². The van der Waals surface area contributed by atoms with E-state index in [2.05, 4.69) is 19.1 Å².